The number of carbonyl (C=O) groups excluding carboxylic acids is 1. The number of rotatable bonds is 2. The van der Waals surface area contributed by atoms with Crippen LogP contribution >= 0.6 is 11.8 Å². The molecule has 0 unspecified atom stereocenters. The molecule has 1 aromatic heterocycles. The van der Waals surface area contributed by atoms with E-state index in [4.69, 9.17) is 0 Å². The summed E-state index contributed by atoms with van der Waals surface area (Å²) in [4.78, 5) is 24.8. The van der Waals surface area contributed by atoms with Crippen LogP contribution in [0.3, 0.4) is 0 Å². The lowest BCUT2D eigenvalue weighted by molar-refractivity contribution is -0.185. The van der Waals surface area contributed by atoms with Crippen LogP contribution in [0.5, 0.6) is 0 Å². The van der Waals surface area contributed by atoms with E-state index in [1.165, 1.54) is 0 Å². The minimum Gasteiger partial charge on any atom is -0.314 e. The van der Waals surface area contributed by atoms with E-state index in [0.29, 0.717) is 17.1 Å². The van der Waals surface area contributed by atoms with Gasteiger partial charge in [-0.1, -0.05) is 11.8 Å². The Labute approximate surface area is 128 Å². The standard InChI is InChI=1S/C12H12F3N5OS/c1-6-5-7(2)17-9(16-6)18-11(12(13,14)15)8(21)20-3-4-22-10(20)19-11/h5H,3-4H2,1-2H3,(H,16,17,18)/t11-/m1/s1. The molecule has 0 radical (unpaired) electrons. The van der Waals surface area contributed by atoms with Crippen molar-refractivity contribution in [3.8, 4) is 0 Å². The molecular weight excluding hydrogens is 319 g/mol. The van der Waals surface area contributed by atoms with E-state index < -0.39 is 17.7 Å². The second-order valence-corrected chi connectivity index (χ2v) is 6.07. The minimum absolute atomic E-state index is 0.0826. The van der Waals surface area contributed by atoms with Gasteiger partial charge in [0.15, 0.2) is 5.17 Å². The largest absolute Gasteiger partial charge is 0.442 e. The van der Waals surface area contributed by atoms with Crippen molar-refractivity contribution in [3.63, 3.8) is 0 Å². The third-order valence-corrected chi connectivity index (χ3v) is 4.24. The number of aliphatic imine (C=N–C) groups is 1. The number of anilines is 1. The monoisotopic (exact) mass is 331 g/mol. The number of carbonyl (C=O) groups is 1. The Bertz CT molecular complexity index is 657. The number of nitrogens with one attached hydrogen (secondary N) is 1. The Hall–Kier alpha value is -1.84. The van der Waals surface area contributed by atoms with Gasteiger partial charge in [-0.05, 0) is 19.9 Å². The molecule has 1 saturated heterocycles. The summed E-state index contributed by atoms with van der Waals surface area (Å²) < 4.78 is 40.7. The third kappa shape index (κ3) is 2.21. The van der Waals surface area contributed by atoms with Crippen LogP contribution < -0.4 is 5.32 Å². The first-order valence-electron chi connectivity index (χ1n) is 6.45. The molecule has 1 amide bonds. The van der Waals surface area contributed by atoms with Crippen LogP contribution in [0.1, 0.15) is 11.4 Å². The first-order chi connectivity index (χ1) is 10.2. The van der Waals surface area contributed by atoms with Crippen molar-refractivity contribution < 1.29 is 18.0 Å². The van der Waals surface area contributed by atoms with Crippen LogP contribution in [0.4, 0.5) is 19.1 Å². The predicted molar refractivity (Wildman–Crippen MR) is 75.5 cm³/mol. The quantitative estimate of drug-likeness (QED) is 0.893. The van der Waals surface area contributed by atoms with E-state index in [1.54, 1.807) is 19.9 Å². The first kappa shape index (κ1) is 15.1. The molecule has 0 aliphatic carbocycles. The number of hydrogen-bond acceptors (Lipinski definition) is 6. The van der Waals surface area contributed by atoms with Gasteiger partial charge < -0.3 is 5.32 Å². The molecule has 2 aliphatic heterocycles. The molecule has 1 aromatic rings. The summed E-state index contributed by atoms with van der Waals surface area (Å²) in [6.45, 7) is 3.49. The summed E-state index contributed by atoms with van der Waals surface area (Å²) in [6, 6.07) is 1.63. The average molecular weight is 331 g/mol. The zero-order valence-electron chi connectivity index (χ0n) is 11.7. The van der Waals surface area contributed by atoms with E-state index >= 15 is 0 Å². The molecule has 1 N–H and O–H groups in total. The summed E-state index contributed by atoms with van der Waals surface area (Å²) in [5.41, 5.74) is -2.05. The van der Waals surface area contributed by atoms with Gasteiger partial charge in [-0.25, -0.2) is 15.0 Å². The molecule has 3 heterocycles. The summed E-state index contributed by atoms with van der Waals surface area (Å²) in [5, 5.41) is 2.20. The molecule has 3 rings (SSSR count). The Morgan fingerprint density at radius 3 is 2.50 bits per heavy atom. The van der Waals surface area contributed by atoms with Gasteiger partial charge in [0, 0.05) is 23.7 Å². The Morgan fingerprint density at radius 1 is 1.32 bits per heavy atom. The lowest BCUT2D eigenvalue weighted by Crippen LogP contribution is -2.58. The van der Waals surface area contributed by atoms with Crippen molar-refractivity contribution in [1.29, 1.82) is 0 Å². The number of amidine groups is 1. The lowest BCUT2D eigenvalue weighted by Gasteiger charge is -2.28. The highest BCUT2D eigenvalue weighted by atomic mass is 32.2. The normalized spacial score (nSPS) is 24.5. The van der Waals surface area contributed by atoms with E-state index in [1.807, 2.05) is 0 Å². The van der Waals surface area contributed by atoms with Crippen molar-refractivity contribution in [2.24, 2.45) is 4.99 Å². The number of hydrogen-bond donors (Lipinski definition) is 1. The molecule has 6 nitrogen and oxygen atoms in total. The highest BCUT2D eigenvalue weighted by Gasteiger charge is 2.67. The molecule has 0 spiro atoms. The second-order valence-electron chi connectivity index (χ2n) is 5.01. The summed E-state index contributed by atoms with van der Waals surface area (Å²) in [5.74, 6) is -0.861. The third-order valence-electron chi connectivity index (χ3n) is 3.28. The fraction of sp³-hybridized carbons (Fsp3) is 0.500. The van der Waals surface area contributed by atoms with Crippen molar-refractivity contribution >= 4 is 28.8 Å². The molecule has 22 heavy (non-hydrogen) atoms. The van der Waals surface area contributed by atoms with Gasteiger partial charge in [-0.3, -0.25) is 9.69 Å². The highest BCUT2D eigenvalue weighted by Crippen LogP contribution is 2.42. The van der Waals surface area contributed by atoms with Crippen molar-refractivity contribution in [2.75, 3.05) is 17.6 Å². The predicted octanol–water partition coefficient (Wildman–Crippen LogP) is 1.71. The lowest BCUT2D eigenvalue weighted by atomic mass is 10.1. The first-order valence-corrected chi connectivity index (χ1v) is 7.43. The van der Waals surface area contributed by atoms with Gasteiger partial charge in [0.2, 0.25) is 5.95 Å². The van der Waals surface area contributed by atoms with E-state index in [-0.39, 0.29) is 17.7 Å². The van der Waals surface area contributed by atoms with Gasteiger partial charge in [0.05, 0.1) is 0 Å². The van der Waals surface area contributed by atoms with Crippen LogP contribution in [0.25, 0.3) is 0 Å². The number of amides is 1. The molecule has 10 heteroatoms. The number of halogens is 3. The molecule has 0 saturated carbocycles. The van der Waals surface area contributed by atoms with Crippen LogP contribution in [-0.4, -0.2) is 50.1 Å². The highest BCUT2D eigenvalue weighted by molar-refractivity contribution is 8.14. The Kier molecular flexibility index (Phi) is 3.31. The number of thioether (sulfide) groups is 1. The number of aryl methyl sites for hydroxylation is 2. The van der Waals surface area contributed by atoms with Gasteiger partial charge in [0.25, 0.3) is 5.91 Å². The maximum Gasteiger partial charge on any atom is 0.442 e. The smallest absolute Gasteiger partial charge is 0.314 e. The molecule has 118 valence electrons. The number of fused-ring (bicyclic) bond motifs is 1. The van der Waals surface area contributed by atoms with E-state index in [2.05, 4.69) is 20.3 Å². The molecule has 0 aromatic carbocycles. The summed E-state index contributed by atoms with van der Waals surface area (Å²) in [7, 11) is 0. The Morgan fingerprint density at radius 2 is 1.95 bits per heavy atom. The van der Waals surface area contributed by atoms with Gasteiger partial charge in [0.1, 0.15) is 0 Å². The van der Waals surface area contributed by atoms with Gasteiger partial charge >= 0.3 is 11.8 Å². The molecule has 0 bridgehead atoms. The van der Waals surface area contributed by atoms with Gasteiger partial charge in [-0.2, -0.15) is 13.2 Å². The molecular formula is C12H12F3N5OS. The van der Waals surface area contributed by atoms with Crippen molar-refractivity contribution in [3.05, 3.63) is 17.5 Å². The fourth-order valence-electron chi connectivity index (χ4n) is 2.35. The van der Waals surface area contributed by atoms with Crippen molar-refractivity contribution in [1.82, 2.24) is 14.9 Å². The maximum atomic E-state index is 13.6. The van der Waals surface area contributed by atoms with Crippen molar-refractivity contribution in [2.45, 2.75) is 25.7 Å². The number of nitrogens with zero attached hydrogens (tertiary/aromatic N) is 4. The SMILES string of the molecule is Cc1cc(C)nc(N[C@@]2(C(F)(F)F)N=C3SCCN3C2=O)n1. The zero-order valence-corrected chi connectivity index (χ0v) is 12.5. The van der Waals surface area contributed by atoms with E-state index in [9.17, 15) is 18.0 Å². The minimum atomic E-state index is -4.90. The zero-order chi connectivity index (χ0) is 16.1. The fourth-order valence-corrected chi connectivity index (χ4v) is 3.34. The van der Waals surface area contributed by atoms with Crippen LogP contribution in [-0.2, 0) is 4.79 Å². The van der Waals surface area contributed by atoms with E-state index in [0.717, 1.165) is 16.7 Å². The molecule has 1 atom stereocenters. The van der Waals surface area contributed by atoms with Crippen LogP contribution in [0.15, 0.2) is 11.1 Å². The Balaban J connectivity index is 2.05. The number of aromatic nitrogens is 2. The summed E-state index contributed by atoms with van der Waals surface area (Å²) in [6.07, 6.45) is -4.90. The van der Waals surface area contributed by atoms with Gasteiger partial charge in [-0.15, -0.1) is 0 Å². The van der Waals surface area contributed by atoms with Crippen LogP contribution in [0, 0.1) is 13.8 Å². The molecule has 1 fully saturated rings. The molecule has 2 aliphatic rings. The topological polar surface area (TPSA) is 70.5 Å². The van der Waals surface area contributed by atoms with Crippen LogP contribution in [0.2, 0.25) is 0 Å². The second kappa shape index (κ2) is 4.83. The average Bonchev–Trinajstić information content (AvgIpc) is 2.90. The maximum absolute atomic E-state index is 13.6. The summed E-state index contributed by atoms with van der Waals surface area (Å²) >= 11 is 1.13. The number of alkyl halides is 3.